The van der Waals surface area contributed by atoms with Crippen LogP contribution in [0.15, 0.2) is 18.5 Å². The van der Waals surface area contributed by atoms with Crippen LogP contribution in [0.5, 0.6) is 0 Å². The maximum absolute atomic E-state index is 12.5. The van der Waals surface area contributed by atoms with Crippen LogP contribution in [0.25, 0.3) is 0 Å². The number of rotatable bonds is 5. The van der Waals surface area contributed by atoms with Gasteiger partial charge in [0.25, 0.3) is 5.91 Å². The van der Waals surface area contributed by atoms with Crippen molar-refractivity contribution >= 4 is 11.6 Å². The van der Waals surface area contributed by atoms with Gasteiger partial charge >= 0.3 is 0 Å². The summed E-state index contributed by atoms with van der Waals surface area (Å²) in [7, 11) is 0. The van der Waals surface area contributed by atoms with E-state index < -0.39 is 0 Å². The minimum absolute atomic E-state index is 0.0828. The molecule has 0 N–H and O–H groups in total. The molecule has 1 saturated heterocycles. The predicted molar refractivity (Wildman–Crippen MR) is 86.8 cm³/mol. The molecule has 1 unspecified atom stereocenters. The molecule has 1 aromatic heterocycles. The molecule has 0 radical (unpaired) electrons. The van der Waals surface area contributed by atoms with Crippen molar-refractivity contribution in [1.29, 1.82) is 0 Å². The molecule has 21 heavy (non-hydrogen) atoms. The summed E-state index contributed by atoms with van der Waals surface area (Å²) in [5, 5.41) is 0. The van der Waals surface area contributed by atoms with E-state index in [1.807, 2.05) is 31.0 Å². The highest BCUT2D eigenvalue weighted by Gasteiger charge is 2.22. The smallest absolute Gasteiger partial charge is 0.255 e. The van der Waals surface area contributed by atoms with E-state index in [2.05, 4.69) is 16.8 Å². The molecule has 2 heterocycles. The third-order valence-corrected chi connectivity index (χ3v) is 4.45. The lowest BCUT2D eigenvalue weighted by molar-refractivity contribution is 0.0772. The number of nitrogens with zero attached hydrogens (tertiary/aromatic N) is 3. The first-order chi connectivity index (χ1) is 10.2. The molecule has 1 aromatic rings. The van der Waals surface area contributed by atoms with Gasteiger partial charge in [0.15, 0.2) is 0 Å². The Labute approximate surface area is 128 Å². The molecule has 0 bridgehead atoms. The summed E-state index contributed by atoms with van der Waals surface area (Å²) in [6, 6.07) is 2.60. The molecule has 0 aromatic carbocycles. The summed E-state index contributed by atoms with van der Waals surface area (Å²) in [6.07, 6.45) is 8.51. The lowest BCUT2D eigenvalue weighted by Gasteiger charge is -2.37. The van der Waals surface area contributed by atoms with Crippen molar-refractivity contribution in [2.45, 2.75) is 52.5 Å². The third kappa shape index (κ3) is 3.55. The average molecular weight is 289 g/mol. The van der Waals surface area contributed by atoms with E-state index in [4.69, 9.17) is 0 Å². The average Bonchev–Trinajstić information content (AvgIpc) is 2.56. The van der Waals surface area contributed by atoms with E-state index in [-0.39, 0.29) is 5.91 Å². The second-order valence-electron chi connectivity index (χ2n) is 5.66. The maximum atomic E-state index is 12.5. The molecule has 4 heteroatoms. The van der Waals surface area contributed by atoms with Crippen molar-refractivity contribution in [3.63, 3.8) is 0 Å². The Bertz CT molecular complexity index is 471. The molecule has 4 nitrogen and oxygen atoms in total. The van der Waals surface area contributed by atoms with Crippen molar-refractivity contribution in [2.75, 3.05) is 24.5 Å². The van der Waals surface area contributed by atoms with Crippen molar-refractivity contribution < 1.29 is 4.79 Å². The lowest BCUT2D eigenvalue weighted by atomic mass is 9.99. The predicted octanol–water partition coefficient (Wildman–Crippen LogP) is 3.33. The zero-order chi connectivity index (χ0) is 15.2. The normalized spacial score (nSPS) is 18.6. The number of pyridine rings is 1. The van der Waals surface area contributed by atoms with E-state index >= 15 is 0 Å². The molecule has 116 valence electrons. The fourth-order valence-corrected chi connectivity index (χ4v) is 3.16. The largest absolute Gasteiger partial charge is 0.367 e. The Balaban J connectivity index is 2.22. The van der Waals surface area contributed by atoms with Gasteiger partial charge in [0, 0.05) is 31.9 Å². The van der Waals surface area contributed by atoms with Gasteiger partial charge in [0.05, 0.1) is 17.4 Å². The van der Waals surface area contributed by atoms with Crippen LogP contribution in [0.2, 0.25) is 0 Å². The van der Waals surface area contributed by atoms with Crippen LogP contribution in [0.3, 0.4) is 0 Å². The number of hydrogen-bond donors (Lipinski definition) is 0. The fourth-order valence-electron chi connectivity index (χ4n) is 3.16. The first-order valence-electron chi connectivity index (χ1n) is 8.22. The summed E-state index contributed by atoms with van der Waals surface area (Å²) in [6.45, 7) is 8.80. The second kappa shape index (κ2) is 7.43. The van der Waals surface area contributed by atoms with E-state index in [0.29, 0.717) is 11.6 Å². The molecule has 1 atom stereocenters. The summed E-state index contributed by atoms with van der Waals surface area (Å²) in [5.41, 5.74) is 1.80. The van der Waals surface area contributed by atoms with E-state index in [1.165, 1.54) is 19.3 Å². The maximum Gasteiger partial charge on any atom is 0.255 e. The number of hydrogen-bond acceptors (Lipinski definition) is 3. The molecule has 1 aliphatic rings. The zero-order valence-corrected chi connectivity index (χ0v) is 13.5. The standard InChI is InChI=1S/C17H27N3O/c1-4-15-9-7-8-10-20(15)16-11-14(12-18-13-16)17(21)19(5-2)6-3/h11-13,15H,4-10H2,1-3H3. The van der Waals surface area contributed by atoms with Gasteiger partial charge in [-0.3, -0.25) is 9.78 Å². The van der Waals surface area contributed by atoms with Gasteiger partial charge < -0.3 is 9.80 Å². The van der Waals surface area contributed by atoms with E-state index in [0.717, 1.165) is 31.7 Å². The number of amides is 1. The Kier molecular flexibility index (Phi) is 5.59. The molecule has 1 aliphatic heterocycles. The highest BCUT2D eigenvalue weighted by atomic mass is 16.2. The highest BCUT2D eigenvalue weighted by Crippen LogP contribution is 2.26. The molecule has 0 spiro atoms. The van der Waals surface area contributed by atoms with Gasteiger partial charge in [-0.1, -0.05) is 6.92 Å². The van der Waals surface area contributed by atoms with Crippen LogP contribution in [-0.2, 0) is 0 Å². The van der Waals surface area contributed by atoms with Crippen LogP contribution in [0, 0.1) is 0 Å². The highest BCUT2D eigenvalue weighted by molar-refractivity contribution is 5.94. The summed E-state index contributed by atoms with van der Waals surface area (Å²) in [5.74, 6) is 0.0828. The Morgan fingerprint density at radius 3 is 2.71 bits per heavy atom. The first-order valence-corrected chi connectivity index (χ1v) is 8.22. The van der Waals surface area contributed by atoms with Crippen LogP contribution in [0.4, 0.5) is 5.69 Å². The van der Waals surface area contributed by atoms with Crippen LogP contribution in [0.1, 0.15) is 56.8 Å². The fraction of sp³-hybridized carbons (Fsp3) is 0.647. The minimum Gasteiger partial charge on any atom is -0.367 e. The van der Waals surface area contributed by atoms with E-state index in [9.17, 15) is 4.79 Å². The molecule has 1 amide bonds. The van der Waals surface area contributed by atoms with Gasteiger partial charge in [0.1, 0.15) is 0 Å². The van der Waals surface area contributed by atoms with Crippen molar-refractivity contribution in [3.05, 3.63) is 24.0 Å². The van der Waals surface area contributed by atoms with Crippen molar-refractivity contribution in [2.24, 2.45) is 0 Å². The Hall–Kier alpha value is -1.58. The number of piperidine rings is 1. The second-order valence-corrected chi connectivity index (χ2v) is 5.66. The zero-order valence-electron chi connectivity index (χ0n) is 13.5. The topological polar surface area (TPSA) is 36.4 Å². The molecule has 0 saturated carbocycles. The van der Waals surface area contributed by atoms with Crippen molar-refractivity contribution in [1.82, 2.24) is 9.88 Å². The lowest BCUT2D eigenvalue weighted by Crippen LogP contribution is -2.39. The monoisotopic (exact) mass is 289 g/mol. The van der Waals surface area contributed by atoms with Crippen LogP contribution in [-0.4, -0.2) is 41.5 Å². The third-order valence-electron chi connectivity index (χ3n) is 4.45. The quantitative estimate of drug-likeness (QED) is 0.834. The first kappa shape index (κ1) is 15.8. The van der Waals surface area contributed by atoms with Gasteiger partial charge in [-0.15, -0.1) is 0 Å². The van der Waals surface area contributed by atoms with Gasteiger partial charge in [-0.25, -0.2) is 0 Å². The Morgan fingerprint density at radius 2 is 2.05 bits per heavy atom. The van der Waals surface area contributed by atoms with Crippen LogP contribution < -0.4 is 4.90 Å². The van der Waals surface area contributed by atoms with Gasteiger partial charge in [-0.05, 0) is 45.6 Å². The van der Waals surface area contributed by atoms with Crippen LogP contribution >= 0.6 is 0 Å². The van der Waals surface area contributed by atoms with E-state index in [1.54, 1.807) is 6.20 Å². The molecular formula is C17H27N3O. The number of carbonyl (C=O) groups is 1. The van der Waals surface area contributed by atoms with Crippen molar-refractivity contribution in [3.8, 4) is 0 Å². The SMILES string of the molecule is CCC1CCCCN1c1cncc(C(=O)N(CC)CC)c1. The van der Waals surface area contributed by atoms with Gasteiger partial charge in [-0.2, -0.15) is 0 Å². The number of aromatic nitrogens is 1. The summed E-state index contributed by atoms with van der Waals surface area (Å²) < 4.78 is 0. The molecular weight excluding hydrogens is 262 g/mol. The Morgan fingerprint density at radius 1 is 1.29 bits per heavy atom. The molecule has 0 aliphatic carbocycles. The van der Waals surface area contributed by atoms with Gasteiger partial charge in [0.2, 0.25) is 0 Å². The number of anilines is 1. The molecule has 1 fully saturated rings. The number of carbonyl (C=O) groups excluding carboxylic acids is 1. The summed E-state index contributed by atoms with van der Waals surface area (Å²) >= 11 is 0. The minimum atomic E-state index is 0.0828. The summed E-state index contributed by atoms with van der Waals surface area (Å²) in [4.78, 5) is 21.0. The molecule has 2 rings (SSSR count).